The van der Waals surface area contributed by atoms with Crippen LogP contribution in [-0.4, -0.2) is 59.4 Å². The van der Waals surface area contributed by atoms with Gasteiger partial charge in [-0.25, -0.2) is 4.79 Å². The zero-order chi connectivity index (χ0) is 20.4. The number of carbonyl (C=O) groups excluding carboxylic acids is 3. The normalized spacial score (nSPS) is 22.0. The Morgan fingerprint density at radius 1 is 1.10 bits per heavy atom. The highest BCUT2D eigenvalue weighted by Crippen LogP contribution is 2.24. The fraction of sp³-hybridized carbons (Fsp3) is 0.591. The van der Waals surface area contributed by atoms with Crippen LogP contribution in [0.2, 0.25) is 0 Å². The van der Waals surface area contributed by atoms with Gasteiger partial charge < -0.3 is 20.4 Å². The van der Waals surface area contributed by atoms with Crippen molar-refractivity contribution in [3.8, 4) is 0 Å². The number of aryl methyl sites for hydroxylation is 1. The summed E-state index contributed by atoms with van der Waals surface area (Å²) in [7, 11) is 0. The van der Waals surface area contributed by atoms with Gasteiger partial charge in [0.15, 0.2) is 0 Å². The quantitative estimate of drug-likeness (QED) is 0.800. The third-order valence-corrected chi connectivity index (χ3v) is 6.14. The fourth-order valence-corrected chi connectivity index (χ4v) is 4.19. The maximum Gasteiger partial charge on any atom is 0.322 e. The van der Waals surface area contributed by atoms with Gasteiger partial charge in [-0.2, -0.15) is 0 Å². The molecule has 1 saturated carbocycles. The number of hydrogen-bond acceptors (Lipinski definition) is 3. The van der Waals surface area contributed by atoms with Crippen molar-refractivity contribution >= 4 is 23.5 Å². The monoisotopic (exact) mass is 398 g/mol. The molecule has 2 aliphatic heterocycles. The highest BCUT2D eigenvalue weighted by Gasteiger charge is 2.31. The van der Waals surface area contributed by atoms with Gasteiger partial charge in [0.2, 0.25) is 5.91 Å². The summed E-state index contributed by atoms with van der Waals surface area (Å²) in [6.45, 7) is 4.03. The number of urea groups is 1. The van der Waals surface area contributed by atoms with E-state index in [1.54, 1.807) is 12.1 Å². The molecule has 2 N–H and O–H groups in total. The maximum atomic E-state index is 13.1. The molecule has 156 valence electrons. The first kappa shape index (κ1) is 19.7. The van der Waals surface area contributed by atoms with E-state index in [9.17, 15) is 14.4 Å². The van der Waals surface area contributed by atoms with E-state index in [1.807, 2.05) is 22.8 Å². The molecule has 7 nitrogen and oxygen atoms in total. The lowest BCUT2D eigenvalue weighted by molar-refractivity contribution is -0.128. The lowest BCUT2D eigenvalue weighted by Gasteiger charge is -2.37. The van der Waals surface area contributed by atoms with Crippen LogP contribution in [0.4, 0.5) is 10.5 Å². The molecular formula is C22H30N4O3. The van der Waals surface area contributed by atoms with Gasteiger partial charge in [0, 0.05) is 43.3 Å². The maximum absolute atomic E-state index is 13.1. The molecule has 2 saturated heterocycles. The first-order valence-electron chi connectivity index (χ1n) is 10.8. The van der Waals surface area contributed by atoms with Crippen molar-refractivity contribution in [2.24, 2.45) is 0 Å². The van der Waals surface area contributed by atoms with Crippen LogP contribution in [-0.2, 0) is 4.79 Å². The molecule has 4 rings (SSSR count). The van der Waals surface area contributed by atoms with E-state index >= 15 is 0 Å². The Morgan fingerprint density at radius 3 is 2.66 bits per heavy atom. The van der Waals surface area contributed by atoms with Gasteiger partial charge in [-0.15, -0.1) is 0 Å². The summed E-state index contributed by atoms with van der Waals surface area (Å²) in [4.78, 5) is 41.2. The largest absolute Gasteiger partial charge is 0.349 e. The number of likely N-dealkylation sites (tertiary alicyclic amines) is 2. The number of rotatable bonds is 5. The molecule has 3 aliphatic rings. The van der Waals surface area contributed by atoms with Gasteiger partial charge in [-0.05, 0) is 63.1 Å². The lowest BCUT2D eigenvalue weighted by atomic mass is 10.0. The second-order valence-corrected chi connectivity index (χ2v) is 8.49. The molecule has 1 unspecified atom stereocenters. The molecule has 4 amide bonds. The van der Waals surface area contributed by atoms with E-state index in [2.05, 4.69) is 10.6 Å². The molecule has 1 aromatic rings. The molecule has 1 aliphatic carbocycles. The van der Waals surface area contributed by atoms with Crippen LogP contribution in [0.25, 0.3) is 0 Å². The molecule has 0 bridgehead atoms. The molecule has 1 atom stereocenters. The number of carbonyl (C=O) groups is 3. The van der Waals surface area contributed by atoms with Gasteiger partial charge in [0.05, 0.1) is 6.04 Å². The minimum Gasteiger partial charge on any atom is -0.349 e. The number of amides is 4. The van der Waals surface area contributed by atoms with E-state index in [0.29, 0.717) is 36.8 Å². The Bertz CT molecular complexity index is 805. The first-order chi connectivity index (χ1) is 14.0. The highest BCUT2D eigenvalue weighted by atomic mass is 16.2. The van der Waals surface area contributed by atoms with Crippen molar-refractivity contribution < 1.29 is 14.4 Å². The fourth-order valence-electron chi connectivity index (χ4n) is 4.19. The summed E-state index contributed by atoms with van der Waals surface area (Å²) < 4.78 is 0. The number of nitrogens with zero attached hydrogens (tertiary/aromatic N) is 2. The molecule has 0 spiro atoms. The Balaban J connectivity index is 1.43. The Kier molecular flexibility index (Phi) is 5.74. The van der Waals surface area contributed by atoms with Crippen molar-refractivity contribution in [2.45, 2.75) is 64.0 Å². The molecule has 29 heavy (non-hydrogen) atoms. The number of benzene rings is 1. The number of anilines is 1. The third kappa shape index (κ3) is 4.71. The highest BCUT2D eigenvalue weighted by molar-refractivity contribution is 5.97. The second-order valence-electron chi connectivity index (χ2n) is 8.49. The second kappa shape index (κ2) is 8.43. The minimum atomic E-state index is -0.149. The molecular weight excluding hydrogens is 368 g/mol. The Hall–Kier alpha value is -2.57. The van der Waals surface area contributed by atoms with Crippen molar-refractivity contribution in [1.29, 1.82) is 0 Å². The molecule has 7 heteroatoms. The Morgan fingerprint density at radius 2 is 1.93 bits per heavy atom. The minimum absolute atomic E-state index is 0.0486. The smallest absolute Gasteiger partial charge is 0.322 e. The standard InChI is InChI=1S/C22H30N4O3/c1-15-7-8-16(21(28)23-17-9-10-17)13-19(15)24-22(29)26-12-3-2-5-18(26)14-25-11-4-6-20(25)27/h7-8,13,17-18H,2-6,9-12,14H2,1H3,(H,23,28)(H,24,29). The van der Waals surface area contributed by atoms with E-state index in [4.69, 9.17) is 0 Å². The van der Waals surface area contributed by atoms with E-state index in [0.717, 1.165) is 50.6 Å². The SMILES string of the molecule is Cc1ccc(C(=O)NC2CC2)cc1NC(=O)N1CCCCC1CN1CCCC1=O. The summed E-state index contributed by atoms with van der Waals surface area (Å²) in [5, 5.41) is 6.00. The van der Waals surface area contributed by atoms with Crippen LogP contribution in [0.1, 0.15) is 60.9 Å². The van der Waals surface area contributed by atoms with Crippen molar-refractivity contribution in [3.63, 3.8) is 0 Å². The predicted octanol–water partition coefficient (Wildman–Crippen LogP) is 2.90. The number of piperidine rings is 1. The van der Waals surface area contributed by atoms with Crippen LogP contribution in [0, 0.1) is 6.92 Å². The van der Waals surface area contributed by atoms with Crippen molar-refractivity contribution in [1.82, 2.24) is 15.1 Å². The molecule has 2 heterocycles. The summed E-state index contributed by atoms with van der Waals surface area (Å²) in [6.07, 6.45) is 6.57. The molecule has 3 fully saturated rings. The molecule has 0 aromatic heterocycles. The number of hydrogen-bond donors (Lipinski definition) is 2. The van der Waals surface area contributed by atoms with Crippen molar-refractivity contribution in [3.05, 3.63) is 29.3 Å². The van der Waals surface area contributed by atoms with Crippen LogP contribution in [0.5, 0.6) is 0 Å². The predicted molar refractivity (Wildman–Crippen MR) is 111 cm³/mol. The van der Waals surface area contributed by atoms with Crippen LogP contribution < -0.4 is 10.6 Å². The van der Waals surface area contributed by atoms with Crippen LogP contribution >= 0.6 is 0 Å². The van der Waals surface area contributed by atoms with Gasteiger partial charge >= 0.3 is 6.03 Å². The van der Waals surface area contributed by atoms with E-state index in [1.165, 1.54) is 0 Å². The van der Waals surface area contributed by atoms with Crippen LogP contribution in [0.15, 0.2) is 18.2 Å². The van der Waals surface area contributed by atoms with Gasteiger partial charge in [-0.1, -0.05) is 6.07 Å². The molecule has 1 aromatic carbocycles. The van der Waals surface area contributed by atoms with Crippen LogP contribution in [0.3, 0.4) is 0 Å². The zero-order valence-corrected chi connectivity index (χ0v) is 17.1. The average molecular weight is 399 g/mol. The third-order valence-electron chi connectivity index (χ3n) is 6.14. The number of nitrogens with one attached hydrogen (secondary N) is 2. The lowest BCUT2D eigenvalue weighted by Crippen LogP contribution is -2.51. The Labute approximate surface area is 171 Å². The zero-order valence-electron chi connectivity index (χ0n) is 17.1. The summed E-state index contributed by atoms with van der Waals surface area (Å²) in [5.74, 6) is 0.104. The van der Waals surface area contributed by atoms with Gasteiger partial charge in [0.1, 0.15) is 0 Å². The van der Waals surface area contributed by atoms with E-state index < -0.39 is 0 Å². The topological polar surface area (TPSA) is 81.8 Å². The van der Waals surface area contributed by atoms with E-state index in [-0.39, 0.29) is 23.9 Å². The summed E-state index contributed by atoms with van der Waals surface area (Å²) >= 11 is 0. The summed E-state index contributed by atoms with van der Waals surface area (Å²) in [6, 6.07) is 5.62. The first-order valence-corrected chi connectivity index (χ1v) is 10.8. The van der Waals surface area contributed by atoms with Gasteiger partial charge in [0.25, 0.3) is 5.91 Å². The van der Waals surface area contributed by atoms with Crippen molar-refractivity contribution in [2.75, 3.05) is 25.0 Å². The molecule has 0 radical (unpaired) electrons. The average Bonchev–Trinajstić information content (AvgIpc) is 3.44. The summed E-state index contributed by atoms with van der Waals surface area (Å²) in [5.41, 5.74) is 2.15. The van der Waals surface area contributed by atoms with Gasteiger partial charge in [-0.3, -0.25) is 9.59 Å².